The molecule has 6 nitrogen and oxygen atoms in total. The van der Waals surface area contributed by atoms with Crippen molar-refractivity contribution < 1.29 is 29.6 Å². The second-order valence-electron chi connectivity index (χ2n) is 4.69. The zero-order valence-corrected chi connectivity index (χ0v) is 11.5. The van der Waals surface area contributed by atoms with Crippen LogP contribution in [-0.4, -0.2) is 27.3 Å². The van der Waals surface area contributed by atoms with Crippen LogP contribution in [0.15, 0.2) is 42.5 Å². The minimum Gasteiger partial charge on any atom is -0.504 e. The molecule has 0 bridgehead atoms. The summed E-state index contributed by atoms with van der Waals surface area (Å²) in [7, 11) is 0. The standard InChI is InChI=1S/C16H14O6/c17-13-6-3-11(9-16(20)21)7-14(13)22-12-4-1-10(2-5-12)8-15(18)19/h1-7,17H,8-9H2,(H,18,19)(H,20,21). The molecule has 0 amide bonds. The summed E-state index contributed by atoms with van der Waals surface area (Å²) in [6.45, 7) is 0. The van der Waals surface area contributed by atoms with Crippen molar-refractivity contribution in [3.05, 3.63) is 53.6 Å². The molecule has 6 heteroatoms. The van der Waals surface area contributed by atoms with E-state index in [1.54, 1.807) is 24.3 Å². The van der Waals surface area contributed by atoms with Crippen LogP contribution in [0.3, 0.4) is 0 Å². The number of carboxylic acids is 2. The van der Waals surface area contributed by atoms with Gasteiger partial charge in [0, 0.05) is 0 Å². The van der Waals surface area contributed by atoms with Crippen molar-refractivity contribution in [2.75, 3.05) is 0 Å². The zero-order valence-electron chi connectivity index (χ0n) is 11.5. The highest BCUT2D eigenvalue weighted by atomic mass is 16.5. The molecular weight excluding hydrogens is 288 g/mol. The Kier molecular flexibility index (Phi) is 4.63. The smallest absolute Gasteiger partial charge is 0.307 e. The van der Waals surface area contributed by atoms with Gasteiger partial charge in [0.2, 0.25) is 0 Å². The first-order valence-corrected chi connectivity index (χ1v) is 6.46. The summed E-state index contributed by atoms with van der Waals surface area (Å²) in [5.74, 6) is -1.45. The van der Waals surface area contributed by atoms with Crippen molar-refractivity contribution in [2.24, 2.45) is 0 Å². The van der Waals surface area contributed by atoms with E-state index in [1.165, 1.54) is 18.2 Å². The van der Waals surface area contributed by atoms with Gasteiger partial charge in [-0.05, 0) is 35.4 Å². The predicted molar refractivity (Wildman–Crippen MR) is 77.3 cm³/mol. The average molecular weight is 302 g/mol. The third-order valence-corrected chi connectivity index (χ3v) is 2.89. The number of aliphatic carboxylic acids is 2. The molecule has 0 aliphatic rings. The Morgan fingerprint density at radius 3 is 2.00 bits per heavy atom. The highest BCUT2D eigenvalue weighted by Gasteiger charge is 2.08. The van der Waals surface area contributed by atoms with Gasteiger partial charge in [0.1, 0.15) is 5.75 Å². The molecule has 0 aliphatic heterocycles. The Balaban J connectivity index is 2.15. The first-order valence-electron chi connectivity index (χ1n) is 6.46. The van der Waals surface area contributed by atoms with Crippen molar-refractivity contribution in [1.29, 1.82) is 0 Å². The van der Waals surface area contributed by atoms with E-state index < -0.39 is 11.9 Å². The molecule has 0 fully saturated rings. The summed E-state index contributed by atoms with van der Waals surface area (Å²) in [5, 5.41) is 27.2. The lowest BCUT2D eigenvalue weighted by Crippen LogP contribution is -2.00. The van der Waals surface area contributed by atoms with Crippen LogP contribution in [0, 0.1) is 0 Å². The molecule has 0 unspecified atom stereocenters. The maximum atomic E-state index is 10.7. The van der Waals surface area contributed by atoms with E-state index in [0.717, 1.165) is 0 Å². The fourth-order valence-electron chi connectivity index (χ4n) is 1.90. The monoisotopic (exact) mass is 302 g/mol. The second kappa shape index (κ2) is 6.62. The minimum absolute atomic E-state index is 0.0837. The third-order valence-electron chi connectivity index (χ3n) is 2.89. The number of aromatic hydroxyl groups is 1. The van der Waals surface area contributed by atoms with E-state index in [0.29, 0.717) is 16.9 Å². The molecule has 0 aromatic heterocycles. The molecule has 0 heterocycles. The van der Waals surface area contributed by atoms with Crippen LogP contribution in [0.5, 0.6) is 17.2 Å². The Labute approximate surface area is 126 Å². The number of hydrogen-bond acceptors (Lipinski definition) is 4. The van der Waals surface area contributed by atoms with Crippen molar-refractivity contribution >= 4 is 11.9 Å². The molecule has 2 rings (SSSR count). The first-order chi connectivity index (χ1) is 10.4. The number of carbonyl (C=O) groups is 2. The van der Waals surface area contributed by atoms with Crippen molar-refractivity contribution in [1.82, 2.24) is 0 Å². The van der Waals surface area contributed by atoms with Gasteiger partial charge in [-0.3, -0.25) is 9.59 Å². The van der Waals surface area contributed by atoms with Gasteiger partial charge in [-0.2, -0.15) is 0 Å². The topological polar surface area (TPSA) is 104 Å². The SMILES string of the molecule is O=C(O)Cc1ccc(Oc2cc(CC(=O)O)ccc2O)cc1. The van der Waals surface area contributed by atoms with E-state index >= 15 is 0 Å². The Bertz CT molecular complexity index is 690. The molecule has 0 radical (unpaired) electrons. The quantitative estimate of drug-likeness (QED) is 0.757. The van der Waals surface area contributed by atoms with Crippen LogP contribution in [0.4, 0.5) is 0 Å². The van der Waals surface area contributed by atoms with Gasteiger partial charge in [-0.1, -0.05) is 18.2 Å². The van der Waals surface area contributed by atoms with Crippen LogP contribution in [0.2, 0.25) is 0 Å². The molecule has 0 saturated heterocycles. The number of ether oxygens (including phenoxy) is 1. The molecule has 0 atom stereocenters. The van der Waals surface area contributed by atoms with E-state index in [4.69, 9.17) is 14.9 Å². The van der Waals surface area contributed by atoms with Gasteiger partial charge < -0.3 is 20.1 Å². The fourth-order valence-corrected chi connectivity index (χ4v) is 1.90. The van der Waals surface area contributed by atoms with Gasteiger partial charge in [-0.25, -0.2) is 0 Å². The van der Waals surface area contributed by atoms with Crippen molar-refractivity contribution in [2.45, 2.75) is 12.8 Å². The third kappa shape index (κ3) is 4.24. The van der Waals surface area contributed by atoms with Crippen LogP contribution in [0.25, 0.3) is 0 Å². The maximum absolute atomic E-state index is 10.7. The minimum atomic E-state index is -0.977. The van der Waals surface area contributed by atoms with Crippen LogP contribution < -0.4 is 4.74 Å². The number of phenols is 1. The Morgan fingerprint density at radius 2 is 1.41 bits per heavy atom. The maximum Gasteiger partial charge on any atom is 0.307 e. The number of hydrogen-bond donors (Lipinski definition) is 3. The molecule has 0 saturated carbocycles. The summed E-state index contributed by atoms with van der Waals surface area (Å²) in [4.78, 5) is 21.3. The highest BCUT2D eigenvalue weighted by molar-refractivity contribution is 5.71. The number of phenolic OH excluding ortho intramolecular Hbond substituents is 1. The van der Waals surface area contributed by atoms with Crippen LogP contribution in [-0.2, 0) is 22.4 Å². The van der Waals surface area contributed by atoms with Gasteiger partial charge >= 0.3 is 11.9 Å². The van der Waals surface area contributed by atoms with E-state index in [1.807, 2.05) is 0 Å². The summed E-state index contributed by atoms with van der Waals surface area (Å²) < 4.78 is 5.50. The van der Waals surface area contributed by atoms with Gasteiger partial charge in [0.15, 0.2) is 11.5 Å². The van der Waals surface area contributed by atoms with Crippen molar-refractivity contribution in [3.8, 4) is 17.2 Å². The average Bonchev–Trinajstić information content (AvgIpc) is 2.43. The van der Waals surface area contributed by atoms with Gasteiger partial charge in [0.05, 0.1) is 12.8 Å². The van der Waals surface area contributed by atoms with Crippen molar-refractivity contribution in [3.63, 3.8) is 0 Å². The zero-order chi connectivity index (χ0) is 16.1. The Hall–Kier alpha value is -3.02. The normalized spacial score (nSPS) is 10.2. The molecule has 0 spiro atoms. The molecular formula is C16H14O6. The summed E-state index contributed by atoms with van der Waals surface area (Å²) in [6.07, 6.45) is -0.256. The van der Waals surface area contributed by atoms with E-state index in [2.05, 4.69) is 0 Å². The Morgan fingerprint density at radius 1 is 0.864 bits per heavy atom. The first kappa shape index (κ1) is 15.4. The molecule has 2 aromatic carbocycles. The molecule has 114 valence electrons. The largest absolute Gasteiger partial charge is 0.504 e. The number of rotatable bonds is 6. The highest BCUT2D eigenvalue weighted by Crippen LogP contribution is 2.31. The summed E-state index contributed by atoms with van der Waals surface area (Å²) in [6, 6.07) is 10.7. The molecule has 3 N–H and O–H groups in total. The molecule has 2 aromatic rings. The van der Waals surface area contributed by atoms with Crippen LogP contribution in [0.1, 0.15) is 11.1 Å². The summed E-state index contributed by atoms with van der Waals surface area (Å²) in [5.41, 5.74) is 1.13. The molecule has 0 aliphatic carbocycles. The predicted octanol–water partition coefficient (Wildman–Crippen LogP) is 2.44. The second-order valence-corrected chi connectivity index (χ2v) is 4.69. The lowest BCUT2D eigenvalue weighted by atomic mass is 10.1. The van der Waals surface area contributed by atoms with Crippen LogP contribution >= 0.6 is 0 Å². The molecule has 22 heavy (non-hydrogen) atoms. The van der Waals surface area contributed by atoms with E-state index in [-0.39, 0.29) is 24.3 Å². The van der Waals surface area contributed by atoms with Gasteiger partial charge in [0.25, 0.3) is 0 Å². The summed E-state index contributed by atoms with van der Waals surface area (Å²) >= 11 is 0. The van der Waals surface area contributed by atoms with Gasteiger partial charge in [-0.15, -0.1) is 0 Å². The number of carboxylic acid groups (broad SMARTS) is 2. The van der Waals surface area contributed by atoms with E-state index in [9.17, 15) is 14.7 Å². The lowest BCUT2D eigenvalue weighted by Gasteiger charge is -2.09. The number of benzene rings is 2. The fraction of sp³-hybridized carbons (Fsp3) is 0.125. The lowest BCUT2D eigenvalue weighted by molar-refractivity contribution is -0.137.